The molecule has 1 radical (unpaired) electrons. The van der Waals surface area contributed by atoms with Crippen LogP contribution in [0.4, 0.5) is 0 Å². The van der Waals surface area contributed by atoms with Crippen LogP contribution in [0.25, 0.3) is 0 Å². The van der Waals surface area contributed by atoms with Gasteiger partial charge in [-0.3, -0.25) is 0 Å². The zero-order valence-electron chi connectivity index (χ0n) is 15.9. The molecule has 30 heavy (non-hydrogen) atoms. The molecular weight excluding hydrogens is 429 g/mol. The summed E-state index contributed by atoms with van der Waals surface area (Å²) in [5, 5.41) is 20.4. The van der Waals surface area contributed by atoms with E-state index in [4.69, 9.17) is 0 Å². The van der Waals surface area contributed by atoms with Crippen LogP contribution in [0.5, 0.6) is 0 Å². The maximum atomic E-state index is 10.2. The fraction of sp³-hybridized carbons (Fsp3) is 0.105. The monoisotopic (exact) mass is 448 g/mol. The van der Waals surface area contributed by atoms with Crippen molar-refractivity contribution in [3.63, 3.8) is 0 Å². The van der Waals surface area contributed by atoms with Gasteiger partial charge in [0.15, 0.2) is 0 Å². The molecule has 0 bridgehead atoms. The predicted octanol–water partition coefficient (Wildman–Crippen LogP) is -0.174. The zero-order valence-corrected chi connectivity index (χ0v) is 17.3. The number of imidazole rings is 2. The van der Waals surface area contributed by atoms with Gasteiger partial charge >= 0.3 is 18.6 Å². The Bertz CT molecular complexity index is 813. The molecule has 11 heteroatoms. The fourth-order valence-corrected chi connectivity index (χ4v) is 1.75. The quantitative estimate of drug-likeness (QED) is 0.474. The third-order valence-electron chi connectivity index (χ3n) is 2.97. The summed E-state index contributed by atoms with van der Waals surface area (Å²) in [7, 11) is 0. The average Bonchev–Trinajstić information content (AvgIpc) is 3.38. The minimum Gasteiger partial charge on any atom is -2.00 e. The van der Waals surface area contributed by atoms with Crippen LogP contribution in [0.2, 0.25) is 0 Å². The molecule has 0 saturated carbocycles. The maximum absolute atomic E-state index is 10.2. The number of hydrogen-bond acceptors (Lipinski definition) is 7. The summed E-state index contributed by atoms with van der Waals surface area (Å²) in [6.45, 7) is 8.87. The third-order valence-corrected chi connectivity index (χ3v) is 2.97. The Morgan fingerprint density at radius 1 is 0.900 bits per heavy atom. The summed E-state index contributed by atoms with van der Waals surface area (Å²) in [4.78, 5) is 31.3. The molecule has 3 aromatic rings. The topological polar surface area (TPSA) is 157 Å². The van der Waals surface area contributed by atoms with E-state index >= 15 is 0 Å². The third kappa shape index (κ3) is 11.4. The van der Waals surface area contributed by atoms with Gasteiger partial charge in [0.05, 0.1) is 36.0 Å². The van der Waals surface area contributed by atoms with Crippen LogP contribution in [0, 0.1) is 0 Å². The fourth-order valence-electron chi connectivity index (χ4n) is 1.75. The number of rotatable bonds is 6. The second-order valence-electron chi connectivity index (χ2n) is 5.08. The Hall–Kier alpha value is -3.47. The number of carbonyl (C=O) groups is 2. The molecule has 0 atom stereocenters. The number of pyridine rings is 1. The minimum atomic E-state index is -1.52. The van der Waals surface area contributed by atoms with Crippen LogP contribution in [0.3, 0.4) is 0 Å². The second kappa shape index (κ2) is 16.5. The number of hydrogen-bond donors (Lipinski definition) is 0. The number of aromatic nitrogens is 5. The molecule has 0 N–H and O–H groups in total. The van der Waals surface area contributed by atoms with E-state index in [1.165, 1.54) is 6.07 Å². The molecule has 3 rings (SSSR count). The Kier molecular flexibility index (Phi) is 15.8. The van der Waals surface area contributed by atoms with Gasteiger partial charge in [0, 0.05) is 37.9 Å². The van der Waals surface area contributed by atoms with Crippen molar-refractivity contribution in [2.75, 3.05) is 0 Å². The van der Waals surface area contributed by atoms with Gasteiger partial charge in [0.2, 0.25) is 0 Å². The Morgan fingerprint density at radius 2 is 1.30 bits per heavy atom. The normalized spacial score (nSPS) is 8.53. The van der Waals surface area contributed by atoms with Crippen molar-refractivity contribution in [1.82, 2.24) is 24.1 Å². The molecule has 0 aliphatic heterocycles. The first-order chi connectivity index (χ1) is 13.5. The summed E-state index contributed by atoms with van der Waals surface area (Å²) in [6.07, 6.45) is 14.5. The van der Waals surface area contributed by atoms with Gasteiger partial charge in [0.25, 0.3) is 0 Å². The van der Waals surface area contributed by atoms with E-state index in [1.54, 1.807) is 25.0 Å². The van der Waals surface area contributed by atoms with Crippen molar-refractivity contribution in [2.45, 2.75) is 13.1 Å². The molecule has 0 unspecified atom stereocenters. The van der Waals surface area contributed by atoms with Crippen LogP contribution in [0.1, 0.15) is 21.0 Å². The molecule has 0 amide bonds. The van der Waals surface area contributed by atoms with Crippen molar-refractivity contribution < 1.29 is 43.8 Å². The van der Waals surface area contributed by atoms with Crippen LogP contribution in [-0.4, -0.2) is 36.0 Å². The second-order valence-corrected chi connectivity index (χ2v) is 5.08. The van der Waals surface area contributed by atoms with Crippen LogP contribution >= 0.6 is 0 Å². The maximum Gasteiger partial charge on any atom is 4.00 e. The first kappa shape index (κ1) is 28.7. The zero-order chi connectivity index (χ0) is 20.8. The molecule has 0 aromatic carbocycles. The molecule has 0 fully saturated rings. The molecule has 3 heterocycles. The number of carboxylic acids is 2. The number of carbonyl (C=O) groups excluding carboxylic acids is 2. The molecule has 0 aliphatic carbocycles. The molecule has 0 saturated heterocycles. The Labute approximate surface area is 185 Å². The number of nitrogens with zero attached hydrogens (tertiary/aromatic N) is 5. The van der Waals surface area contributed by atoms with Gasteiger partial charge in [-0.15, -0.1) is 13.2 Å². The van der Waals surface area contributed by atoms with Crippen molar-refractivity contribution in [3.8, 4) is 0 Å². The van der Waals surface area contributed by atoms with E-state index in [1.807, 2.05) is 33.7 Å². The molecule has 0 spiro atoms. The van der Waals surface area contributed by atoms with Gasteiger partial charge in [-0.25, -0.2) is 15.0 Å². The van der Waals surface area contributed by atoms with Crippen LogP contribution < -0.4 is 10.2 Å². The molecule has 155 valence electrons. The summed E-state index contributed by atoms with van der Waals surface area (Å²) < 4.78 is 3.90. The summed E-state index contributed by atoms with van der Waals surface area (Å²) in [5.41, 5.74) is -0.839. The van der Waals surface area contributed by atoms with E-state index in [2.05, 4.69) is 28.1 Å². The van der Waals surface area contributed by atoms with Crippen LogP contribution in [0.15, 0.2) is 81.0 Å². The predicted molar refractivity (Wildman–Crippen MR) is 98.4 cm³/mol. The van der Waals surface area contributed by atoms with E-state index in [0.717, 1.165) is 25.2 Å². The Balaban J connectivity index is 0. The van der Waals surface area contributed by atoms with E-state index < -0.39 is 23.3 Å². The van der Waals surface area contributed by atoms with Crippen LogP contribution in [-0.2, 0) is 37.1 Å². The number of carboxylic acid groups (broad SMARTS) is 2. The van der Waals surface area contributed by atoms with E-state index in [0.29, 0.717) is 0 Å². The molecule has 3 aromatic heterocycles. The summed E-state index contributed by atoms with van der Waals surface area (Å²) >= 11 is 0. The van der Waals surface area contributed by atoms with E-state index in [-0.39, 0.29) is 24.0 Å². The first-order valence-corrected chi connectivity index (χ1v) is 8.01. The largest absolute Gasteiger partial charge is 4.00 e. The van der Waals surface area contributed by atoms with Gasteiger partial charge in [-0.2, -0.15) is 0 Å². The SMILES string of the molecule is C=CCn1ccnc1.C=CCn1ccnc1.O=C([O-])c1cccc(C(=O)[O-])n1.[O-2].[V+4]. The van der Waals surface area contributed by atoms with Crippen molar-refractivity contribution >= 4 is 11.9 Å². The molecule has 10 nitrogen and oxygen atoms in total. The van der Waals surface area contributed by atoms with Crippen molar-refractivity contribution in [2.24, 2.45) is 0 Å². The van der Waals surface area contributed by atoms with Gasteiger partial charge < -0.3 is 34.4 Å². The molecule has 0 aliphatic rings. The van der Waals surface area contributed by atoms with Crippen molar-refractivity contribution in [1.29, 1.82) is 0 Å². The summed E-state index contributed by atoms with van der Waals surface area (Å²) in [5.74, 6) is -3.03. The Morgan fingerprint density at radius 3 is 1.57 bits per heavy atom. The first-order valence-electron chi connectivity index (χ1n) is 8.01. The minimum absolute atomic E-state index is 0. The van der Waals surface area contributed by atoms with Gasteiger partial charge in [-0.1, -0.05) is 18.2 Å². The number of allylic oxidation sites excluding steroid dienone is 2. The van der Waals surface area contributed by atoms with Gasteiger partial charge in [-0.05, 0) is 12.1 Å². The van der Waals surface area contributed by atoms with Crippen molar-refractivity contribution in [3.05, 3.63) is 92.3 Å². The van der Waals surface area contributed by atoms with Gasteiger partial charge in [0.1, 0.15) is 0 Å². The smallest absolute Gasteiger partial charge is 2.00 e. The standard InChI is InChI=1S/C7H5NO4.2C6H8N2.O.V/c9-6(10)4-2-1-3-5(8-4)7(11)12;2*1-2-4-8-5-3-7-6-8;;/h1-3H,(H,9,10)(H,11,12);2*2-3,5-6H,1,4H2;;/q;;;-2;+4/p-2. The van der Waals surface area contributed by atoms with E-state index in [9.17, 15) is 19.8 Å². The number of aromatic carboxylic acids is 2. The summed E-state index contributed by atoms with van der Waals surface area (Å²) in [6, 6.07) is 3.53. The average molecular weight is 448 g/mol. The molecular formula is C19H19N5O5V.